The maximum Gasteiger partial charge on any atom is 0.411 e. The SMILES string of the molecule is CCOC(=O)C(C)(CCOCC(F)(F)F)C(=O)OCC. The van der Waals surface area contributed by atoms with E-state index in [0.717, 1.165) is 0 Å². The highest BCUT2D eigenvalue weighted by Gasteiger charge is 2.44. The second-order valence-corrected chi connectivity index (χ2v) is 4.19. The molecular weight excluding hydrogens is 281 g/mol. The first-order valence-electron chi connectivity index (χ1n) is 6.16. The van der Waals surface area contributed by atoms with Gasteiger partial charge in [-0.3, -0.25) is 9.59 Å². The van der Waals surface area contributed by atoms with E-state index in [1.165, 1.54) is 6.92 Å². The van der Waals surface area contributed by atoms with Crippen LogP contribution in [0.1, 0.15) is 27.2 Å². The number of carbonyl (C=O) groups is 2. The van der Waals surface area contributed by atoms with E-state index >= 15 is 0 Å². The Labute approximate surface area is 115 Å². The number of hydrogen-bond acceptors (Lipinski definition) is 5. The Morgan fingerprint density at radius 1 is 1.00 bits per heavy atom. The van der Waals surface area contributed by atoms with Gasteiger partial charge in [-0.15, -0.1) is 0 Å². The first-order chi connectivity index (χ1) is 9.17. The van der Waals surface area contributed by atoms with Crippen molar-refractivity contribution in [2.24, 2.45) is 5.41 Å². The monoisotopic (exact) mass is 300 g/mol. The van der Waals surface area contributed by atoms with Gasteiger partial charge in [-0.2, -0.15) is 13.2 Å². The standard InChI is InChI=1S/C12H19F3O5/c1-4-19-9(16)11(3,10(17)20-5-2)6-7-18-8-12(13,14)15/h4-8H2,1-3H3. The molecule has 0 aromatic rings. The van der Waals surface area contributed by atoms with Gasteiger partial charge in [0, 0.05) is 6.61 Å². The number of ether oxygens (including phenoxy) is 3. The molecule has 20 heavy (non-hydrogen) atoms. The smallest absolute Gasteiger partial charge is 0.411 e. The van der Waals surface area contributed by atoms with Crippen LogP contribution in [-0.4, -0.2) is 44.5 Å². The lowest BCUT2D eigenvalue weighted by Gasteiger charge is -2.24. The van der Waals surface area contributed by atoms with Crippen molar-refractivity contribution < 1.29 is 37.0 Å². The quantitative estimate of drug-likeness (QED) is 0.390. The maximum atomic E-state index is 11.9. The molecule has 0 heterocycles. The lowest BCUT2D eigenvalue weighted by atomic mass is 9.87. The fourth-order valence-corrected chi connectivity index (χ4v) is 1.33. The van der Waals surface area contributed by atoms with E-state index in [4.69, 9.17) is 9.47 Å². The van der Waals surface area contributed by atoms with Crippen molar-refractivity contribution in [3.63, 3.8) is 0 Å². The third-order valence-corrected chi connectivity index (χ3v) is 2.46. The summed E-state index contributed by atoms with van der Waals surface area (Å²) in [7, 11) is 0. The van der Waals surface area contributed by atoms with Crippen LogP contribution in [0.4, 0.5) is 13.2 Å². The van der Waals surface area contributed by atoms with E-state index < -0.39 is 36.7 Å². The van der Waals surface area contributed by atoms with Crippen molar-refractivity contribution in [3.05, 3.63) is 0 Å². The van der Waals surface area contributed by atoms with Crippen molar-refractivity contribution in [2.45, 2.75) is 33.4 Å². The van der Waals surface area contributed by atoms with Crippen molar-refractivity contribution in [1.29, 1.82) is 0 Å². The molecular formula is C12H19F3O5. The average Bonchev–Trinajstić information content (AvgIpc) is 2.33. The molecule has 0 fully saturated rings. The Bertz CT molecular complexity index is 310. The molecule has 8 heteroatoms. The largest absolute Gasteiger partial charge is 0.465 e. The van der Waals surface area contributed by atoms with Crippen molar-refractivity contribution in [1.82, 2.24) is 0 Å². The normalized spacial score (nSPS) is 12.1. The highest BCUT2D eigenvalue weighted by molar-refractivity contribution is 5.99. The number of halogens is 3. The van der Waals surface area contributed by atoms with Crippen LogP contribution in [0, 0.1) is 5.41 Å². The van der Waals surface area contributed by atoms with Gasteiger partial charge in [0.1, 0.15) is 6.61 Å². The molecule has 118 valence electrons. The number of rotatable bonds is 8. The van der Waals surface area contributed by atoms with E-state index in [9.17, 15) is 22.8 Å². The summed E-state index contributed by atoms with van der Waals surface area (Å²) in [6.45, 7) is 2.64. The molecule has 0 unspecified atom stereocenters. The summed E-state index contributed by atoms with van der Waals surface area (Å²) < 4.78 is 49.7. The van der Waals surface area contributed by atoms with Crippen LogP contribution in [0.2, 0.25) is 0 Å². The molecule has 0 aliphatic carbocycles. The molecule has 0 rings (SSSR count). The van der Waals surface area contributed by atoms with Crippen LogP contribution in [0.5, 0.6) is 0 Å². The van der Waals surface area contributed by atoms with Gasteiger partial charge in [0.2, 0.25) is 0 Å². The van der Waals surface area contributed by atoms with Gasteiger partial charge in [-0.1, -0.05) is 0 Å². The van der Waals surface area contributed by atoms with Crippen LogP contribution < -0.4 is 0 Å². The minimum Gasteiger partial charge on any atom is -0.465 e. The Morgan fingerprint density at radius 3 is 1.80 bits per heavy atom. The van der Waals surface area contributed by atoms with Gasteiger partial charge in [-0.25, -0.2) is 0 Å². The van der Waals surface area contributed by atoms with Gasteiger partial charge in [0.05, 0.1) is 13.2 Å². The van der Waals surface area contributed by atoms with Crippen LogP contribution >= 0.6 is 0 Å². The van der Waals surface area contributed by atoms with E-state index in [1.54, 1.807) is 13.8 Å². The fraction of sp³-hybridized carbons (Fsp3) is 0.833. The highest BCUT2D eigenvalue weighted by Crippen LogP contribution is 2.26. The van der Waals surface area contributed by atoms with E-state index in [-0.39, 0.29) is 19.6 Å². The fourth-order valence-electron chi connectivity index (χ4n) is 1.33. The van der Waals surface area contributed by atoms with Crippen LogP contribution in [0.3, 0.4) is 0 Å². The molecule has 0 radical (unpaired) electrons. The van der Waals surface area contributed by atoms with Gasteiger partial charge < -0.3 is 14.2 Å². The molecule has 0 N–H and O–H groups in total. The zero-order valence-electron chi connectivity index (χ0n) is 11.7. The maximum absolute atomic E-state index is 11.9. The third-order valence-electron chi connectivity index (χ3n) is 2.46. The molecule has 0 bridgehead atoms. The second kappa shape index (κ2) is 8.08. The summed E-state index contributed by atoms with van der Waals surface area (Å²) in [6, 6.07) is 0. The van der Waals surface area contributed by atoms with Gasteiger partial charge >= 0.3 is 18.1 Å². The highest BCUT2D eigenvalue weighted by atomic mass is 19.4. The van der Waals surface area contributed by atoms with Gasteiger partial charge in [0.15, 0.2) is 5.41 Å². The molecule has 0 saturated carbocycles. The molecule has 0 atom stereocenters. The van der Waals surface area contributed by atoms with E-state index in [1.807, 2.05) is 0 Å². The van der Waals surface area contributed by atoms with E-state index in [2.05, 4.69) is 4.74 Å². The predicted molar refractivity (Wildman–Crippen MR) is 62.9 cm³/mol. The number of carbonyl (C=O) groups excluding carboxylic acids is 2. The van der Waals surface area contributed by atoms with Crippen molar-refractivity contribution in [2.75, 3.05) is 26.4 Å². The summed E-state index contributed by atoms with van der Waals surface area (Å²) in [6.07, 6.45) is -4.70. The molecule has 0 aromatic carbocycles. The van der Waals surface area contributed by atoms with Gasteiger partial charge in [-0.05, 0) is 27.2 Å². The average molecular weight is 300 g/mol. The summed E-state index contributed by atoms with van der Waals surface area (Å²) in [4.78, 5) is 23.5. The number of alkyl halides is 3. The Balaban J connectivity index is 4.62. The van der Waals surface area contributed by atoms with Gasteiger partial charge in [0.25, 0.3) is 0 Å². The summed E-state index contributed by atoms with van der Waals surface area (Å²) in [5.74, 6) is -1.68. The topological polar surface area (TPSA) is 61.8 Å². The number of esters is 2. The first-order valence-corrected chi connectivity index (χ1v) is 6.16. The summed E-state index contributed by atoms with van der Waals surface area (Å²) in [5, 5.41) is 0. The van der Waals surface area contributed by atoms with Crippen LogP contribution in [0.15, 0.2) is 0 Å². The van der Waals surface area contributed by atoms with Crippen molar-refractivity contribution >= 4 is 11.9 Å². The summed E-state index contributed by atoms with van der Waals surface area (Å²) >= 11 is 0. The molecule has 0 aliphatic rings. The molecule has 5 nitrogen and oxygen atoms in total. The molecule has 0 amide bonds. The molecule has 0 aromatic heterocycles. The Hall–Kier alpha value is -1.31. The molecule has 0 saturated heterocycles. The van der Waals surface area contributed by atoms with Crippen LogP contribution in [0.25, 0.3) is 0 Å². The number of hydrogen-bond donors (Lipinski definition) is 0. The second-order valence-electron chi connectivity index (χ2n) is 4.19. The van der Waals surface area contributed by atoms with Crippen LogP contribution in [-0.2, 0) is 23.8 Å². The molecule has 0 aliphatic heterocycles. The first kappa shape index (κ1) is 18.7. The van der Waals surface area contributed by atoms with Crippen molar-refractivity contribution in [3.8, 4) is 0 Å². The Morgan fingerprint density at radius 2 is 1.45 bits per heavy atom. The third kappa shape index (κ3) is 6.23. The zero-order chi connectivity index (χ0) is 15.8. The van der Waals surface area contributed by atoms with E-state index in [0.29, 0.717) is 0 Å². The Kier molecular flexibility index (Phi) is 7.55. The predicted octanol–water partition coefficient (Wildman–Crippen LogP) is 2.09. The minimum atomic E-state index is -4.45. The lowest BCUT2D eigenvalue weighted by molar-refractivity contribution is -0.180. The summed E-state index contributed by atoms with van der Waals surface area (Å²) in [5.41, 5.74) is -1.67. The molecule has 0 spiro atoms. The lowest BCUT2D eigenvalue weighted by Crippen LogP contribution is -2.40. The zero-order valence-corrected chi connectivity index (χ0v) is 11.7. The minimum absolute atomic E-state index is 0.0528.